The molecule has 0 saturated carbocycles. The van der Waals surface area contributed by atoms with Gasteiger partial charge in [0.15, 0.2) is 11.5 Å². The monoisotopic (exact) mass is 317 g/mol. The first-order valence-corrected chi connectivity index (χ1v) is 6.73. The SMILES string of the molecule is COc1cc(C=NNC(N)=O)ccc1OCc1ccccc1F. The standard InChI is InChI=1S/C16H16FN3O3/c1-22-15-8-11(9-19-20-16(18)21)6-7-14(15)23-10-12-4-2-3-5-13(12)17/h2-9H,10H2,1H3,(H3,18,20,21). The number of primary amides is 1. The molecule has 6 nitrogen and oxygen atoms in total. The number of amides is 2. The van der Waals surface area contributed by atoms with Gasteiger partial charge in [0.1, 0.15) is 12.4 Å². The zero-order valence-electron chi connectivity index (χ0n) is 12.5. The van der Waals surface area contributed by atoms with Crippen LogP contribution in [0.2, 0.25) is 0 Å². The van der Waals surface area contributed by atoms with Crippen LogP contribution in [0.15, 0.2) is 47.6 Å². The van der Waals surface area contributed by atoms with Gasteiger partial charge in [-0.25, -0.2) is 14.6 Å². The molecule has 7 heteroatoms. The molecule has 0 aliphatic rings. The van der Waals surface area contributed by atoms with E-state index in [2.05, 4.69) is 10.5 Å². The number of carbonyl (C=O) groups excluding carboxylic acids is 1. The minimum absolute atomic E-state index is 0.0830. The fourth-order valence-electron chi connectivity index (χ4n) is 1.83. The second-order valence-electron chi connectivity index (χ2n) is 4.52. The van der Waals surface area contributed by atoms with Crippen molar-refractivity contribution in [2.75, 3.05) is 7.11 Å². The molecule has 0 saturated heterocycles. The third-order valence-electron chi connectivity index (χ3n) is 2.92. The molecule has 0 atom stereocenters. The molecule has 120 valence electrons. The van der Waals surface area contributed by atoms with Crippen LogP contribution in [-0.2, 0) is 6.61 Å². The van der Waals surface area contributed by atoms with Gasteiger partial charge in [0.25, 0.3) is 0 Å². The Morgan fingerprint density at radius 2 is 2.09 bits per heavy atom. The van der Waals surface area contributed by atoms with Crippen molar-refractivity contribution in [3.63, 3.8) is 0 Å². The number of nitrogens with one attached hydrogen (secondary N) is 1. The molecule has 2 aromatic rings. The van der Waals surface area contributed by atoms with Crippen LogP contribution >= 0.6 is 0 Å². The molecule has 2 rings (SSSR count). The van der Waals surface area contributed by atoms with E-state index in [1.165, 1.54) is 19.4 Å². The highest BCUT2D eigenvalue weighted by Gasteiger charge is 2.07. The Balaban J connectivity index is 2.09. The minimum atomic E-state index is -0.752. The molecule has 23 heavy (non-hydrogen) atoms. The maximum absolute atomic E-state index is 13.6. The lowest BCUT2D eigenvalue weighted by Crippen LogP contribution is -2.24. The van der Waals surface area contributed by atoms with Gasteiger partial charge in [-0.2, -0.15) is 5.10 Å². The first-order valence-electron chi connectivity index (χ1n) is 6.73. The summed E-state index contributed by atoms with van der Waals surface area (Å²) in [6.07, 6.45) is 1.41. The van der Waals surface area contributed by atoms with E-state index in [-0.39, 0.29) is 12.4 Å². The molecular weight excluding hydrogens is 301 g/mol. The van der Waals surface area contributed by atoms with Gasteiger partial charge in [-0.1, -0.05) is 18.2 Å². The summed E-state index contributed by atoms with van der Waals surface area (Å²) in [6.45, 7) is 0.0830. The zero-order chi connectivity index (χ0) is 16.7. The first kappa shape index (κ1) is 16.3. The fourth-order valence-corrected chi connectivity index (χ4v) is 1.83. The second kappa shape index (κ2) is 7.79. The number of nitrogens with zero attached hydrogens (tertiary/aromatic N) is 1. The van der Waals surface area contributed by atoms with E-state index in [0.717, 1.165) is 0 Å². The molecule has 0 aromatic heterocycles. The fraction of sp³-hybridized carbons (Fsp3) is 0.125. The molecule has 3 N–H and O–H groups in total. The van der Waals surface area contributed by atoms with Gasteiger partial charge in [-0.05, 0) is 29.8 Å². The third kappa shape index (κ3) is 4.70. The van der Waals surface area contributed by atoms with Crippen LogP contribution in [0.25, 0.3) is 0 Å². The van der Waals surface area contributed by atoms with Crippen LogP contribution in [0.5, 0.6) is 11.5 Å². The van der Waals surface area contributed by atoms with Gasteiger partial charge < -0.3 is 15.2 Å². The van der Waals surface area contributed by atoms with Gasteiger partial charge in [0.2, 0.25) is 0 Å². The molecule has 0 unspecified atom stereocenters. The number of benzene rings is 2. The van der Waals surface area contributed by atoms with Crippen molar-refractivity contribution in [1.29, 1.82) is 0 Å². The molecule has 0 fully saturated rings. The average molecular weight is 317 g/mol. The highest BCUT2D eigenvalue weighted by Crippen LogP contribution is 2.28. The number of hydrazone groups is 1. The zero-order valence-corrected chi connectivity index (χ0v) is 12.5. The lowest BCUT2D eigenvalue weighted by Gasteiger charge is -2.11. The molecule has 0 radical (unpaired) electrons. The summed E-state index contributed by atoms with van der Waals surface area (Å²) in [5, 5.41) is 3.66. The number of hydrogen-bond acceptors (Lipinski definition) is 4. The van der Waals surface area contributed by atoms with Crippen molar-refractivity contribution in [1.82, 2.24) is 5.43 Å². The summed E-state index contributed by atoms with van der Waals surface area (Å²) in [5.74, 6) is 0.605. The van der Waals surface area contributed by atoms with Gasteiger partial charge in [-0.3, -0.25) is 0 Å². The van der Waals surface area contributed by atoms with E-state index < -0.39 is 6.03 Å². The molecule has 0 bridgehead atoms. The number of rotatable bonds is 6. The Morgan fingerprint density at radius 1 is 1.30 bits per heavy atom. The summed E-state index contributed by atoms with van der Waals surface area (Å²) < 4.78 is 24.4. The van der Waals surface area contributed by atoms with Crippen molar-refractivity contribution in [3.8, 4) is 11.5 Å². The highest BCUT2D eigenvalue weighted by atomic mass is 19.1. The summed E-state index contributed by atoms with van der Waals surface area (Å²) >= 11 is 0. The van der Waals surface area contributed by atoms with Crippen molar-refractivity contribution in [2.45, 2.75) is 6.61 Å². The minimum Gasteiger partial charge on any atom is -0.493 e. The Morgan fingerprint density at radius 3 is 2.78 bits per heavy atom. The quantitative estimate of drug-likeness (QED) is 0.633. The van der Waals surface area contributed by atoms with E-state index in [4.69, 9.17) is 15.2 Å². The average Bonchev–Trinajstić information content (AvgIpc) is 2.54. The smallest absolute Gasteiger partial charge is 0.332 e. The van der Waals surface area contributed by atoms with Gasteiger partial charge in [0.05, 0.1) is 13.3 Å². The van der Waals surface area contributed by atoms with E-state index in [9.17, 15) is 9.18 Å². The summed E-state index contributed by atoms with van der Waals surface area (Å²) in [7, 11) is 1.49. The van der Waals surface area contributed by atoms with E-state index in [0.29, 0.717) is 22.6 Å². The summed E-state index contributed by atoms with van der Waals surface area (Å²) in [4.78, 5) is 10.5. The first-order chi connectivity index (χ1) is 11.1. The van der Waals surface area contributed by atoms with Crippen molar-refractivity contribution in [2.24, 2.45) is 10.8 Å². The van der Waals surface area contributed by atoms with Crippen LogP contribution in [-0.4, -0.2) is 19.4 Å². The predicted octanol–water partition coefficient (Wildman–Crippen LogP) is 2.42. The number of hydrogen-bond donors (Lipinski definition) is 2. The summed E-state index contributed by atoms with van der Waals surface area (Å²) in [6, 6.07) is 10.7. The van der Waals surface area contributed by atoms with Gasteiger partial charge in [-0.15, -0.1) is 0 Å². The Kier molecular flexibility index (Phi) is 5.51. The van der Waals surface area contributed by atoms with Gasteiger partial charge >= 0.3 is 6.03 Å². The van der Waals surface area contributed by atoms with E-state index in [1.54, 1.807) is 36.4 Å². The molecule has 2 amide bonds. The van der Waals surface area contributed by atoms with Crippen LogP contribution in [0.3, 0.4) is 0 Å². The Hall–Kier alpha value is -3.09. The second-order valence-corrected chi connectivity index (χ2v) is 4.52. The molecular formula is C16H16FN3O3. The van der Waals surface area contributed by atoms with E-state index in [1.807, 2.05) is 0 Å². The van der Waals surface area contributed by atoms with Crippen LogP contribution in [0, 0.1) is 5.82 Å². The van der Waals surface area contributed by atoms with E-state index >= 15 is 0 Å². The van der Waals surface area contributed by atoms with Gasteiger partial charge in [0, 0.05) is 5.56 Å². The normalized spacial score (nSPS) is 10.5. The molecule has 2 aromatic carbocycles. The molecule has 0 aliphatic carbocycles. The maximum atomic E-state index is 13.6. The third-order valence-corrected chi connectivity index (χ3v) is 2.92. The Labute approximate surface area is 132 Å². The Bertz CT molecular complexity index is 719. The lowest BCUT2D eigenvalue weighted by atomic mass is 10.2. The number of methoxy groups -OCH3 is 1. The van der Waals surface area contributed by atoms with Crippen LogP contribution < -0.4 is 20.6 Å². The molecule has 0 aliphatic heterocycles. The largest absolute Gasteiger partial charge is 0.493 e. The van der Waals surface area contributed by atoms with Crippen LogP contribution in [0.4, 0.5) is 9.18 Å². The number of urea groups is 1. The molecule has 0 spiro atoms. The summed E-state index contributed by atoms with van der Waals surface area (Å²) in [5.41, 5.74) is 8.12. The number of ether oxygens (including phenoxy) is 2. The molecule has 0 heterocycles. The van der Waals surface area contributed by atoms with Crippen molar-refractivity contribution >= 4 is 12.2 Å². The maximum Gasteiger partial charge on any atom is 0.332 e. The number of nitrogens with two attached hydrogens (primary N) is 1. The number of carbonyl (C=O) groups is 1. The number of halogens is 1. The van der Waals surface area contributed by atoms with Crippen molar-refractivity contribution < 1.29 is 18.7 Å². The lowest BCUT2D eigenvalue weighted by molar-refractivity contribution is 0.249. The van der Waals surface area contributed by atoms with Crippen molar-refractivity contribution in [3.05, 3.63) is 59.4 Å². The van der Waals surface area contributed by atoms with Crippen LogP contribution in [0.1, 0.15) is 11.1 Å². The topological polar surface area (TPSA) is 85.9 Å². The predicted molar refractivity (Wildman–Crippen MR) is 84.0 cm³/mol. The highest BCUT2D eigenvalue weighted by molar-refractivity contribution is 5.82.